The molecular formula is C36H55N3O9. The minimum Gasteiger partial charge on any atom is -0.463 e. The third-order valence-electron chi connectivity index (χ3n) is 8.67. The molecule has 1 aliphatic heterocycles. The van der Waals surface area contributed by atoms with E-state index in [1.807, 2.05) is 13.0 Å². The van der Waals surface area contributed by atoms with Crippen LogP contribution in [0.5, 0.6) is 0 Å². The van der Waals surface area contributed by atoms with Gasteiger partial charge in [0.1, 0.15) is 30.4 Å². The van der Waals surface area contributed by atoms with E-state index in [1.54, 1.807) is 45.0 Å². The molecule has 2 fully saturated rings. The molecule has 12 heteroatoms. The lowest BCUT2D eigenvalue weighted by Gasteiger charge is -2.32. The van der Waals surface area contributed by atoms with Crippen molar-refractivity contribution in [1.82, 2.24) is 16.0 Å². The second-order valence-electron chi connectivity index (χ2n) is 14.0. The van der Waals surface area contributed by atoms with Gasteiger partial charge < -0.3 is 35.3 Å². The van der Waals surface area contributed by atoms with Crippen molar-refractivity contribution in [1.29, 1.82) is 0 Å². The molecule has 0 bridgehead atoms. The number of amides is 3. The molecule has 1 aromatic carbocycles. The Kier molecular flexibility index (Phi) is 15.6. The number of rotatable bonds is 10. The van der Waals surface area contributed by atoms with E-state index in [4.69, 9.17) is 14.2 Å². The van der Waals surface area contributed by atoms with Gasteiger partial charge in [-0.1, -0.05) is 82.2 Å². The van der Waals surface area contributed by atoms with E-state index in [9.17, 15) is 29.1 Å². The average molecular weight is 674 g/mol. The number of unbranched alkanes of at least 4 members (excludes halogenated alkanes) is 1. The minimum atomic E-state index is -1.62. The molecule has 12 nitrogen and oxygen atoms in total. The number of nitrogens with one attached hydrogen (secondary N) is 3. The summed E-state index contributed by atoms with van der Waals surface area (Å²) >= 11 is 0. The lowest BCUT2D eigenvalue weighted by molar-refractivity contribution is -0.162. The summed E-state index contributed by atoms with van der Waals surface area (Å²) in [6, 6.07) is 5.53. The van der Waals surface area contributed by atoms with Crippen molar-refractivity contribution in [3.05, 3.63) is 35.9 Å². The molecule has 0 radical (unpaired) electrons. The van der Waals surface area contributed by atoms with Gasteiger partial charge in [-0.05, 0) is 57.9 Å². The normalized spacial score (nSPS) is 24.2. The third kappa shape index (κ3) is 13.8. The molecule has 1 saturated carbocycles. The molecule has 1 heterocycles. The zero-order valence-corrected chi connectivity index (χ0v) is 29.0. The summed E-state index contributed by atoms with van der Waals surface area (Å²) in [4.78, 5) is 66.3. The van der Waals surface area contributed by atoms with Gasteiger partial charge in [0.15, 0.2) is 6.10 Å². The number of aliphatic hydroxyl groups is 1. The van der Waals surface area contributed by atoms with Crippen LogP contribution in [0.3, 0.4) is 0 Å². The number of alkyl carbamates (subject to hydrolysis) is 1. The Morgan fingerprint density at radius 1 is 1.04 bits per heavy atom. The molecule has 5 atom stereocenters. The maximum atomic E-state index is 13.8. The van der Waals surface area contributed by atoms with Gasteiger partial charge in [-0.3, -0.25) is 14.4 Å². The quantitative estimate of drug-likeness (QED) is 0.210. The highest BCUT2D eigenvalue weighted by Crippen LogP contribution is 2.28. The van der Waals surface area contributed by atoms with Crippen LogP contribution in [0.1, 0.15) is 110 Å². The first-order valence-electron chi connectivity index (χ1n) is 17.5. The van der Waals surface area contributed by atoms with Gasteiger partial charge in [-0.15, -0.1) is 0 Å². The molecular weight excluding hydrogens is 618 g/mol. The number of ether oxygens (including phenoxy) is 3. The zero-order valence-electron chi connectivity index (χ0n) is 29.0. The largest absolute Gasteiger partial charge is 0.463 e. The van der Waals surface area contributed by atoms with Crippen molar-refractivity contribution < 1.29 is 43.3 Å². The van der Waals surface area contributed by atoms with Crippen LogP contribution >= 0.6 is 0 Å². The predicted octanol–water partition coefficient (Wildman–Crippen LogP) is 4.25. The highest BCUT2D eigenvalue weighted by molar-refractivity contribution is 5.92. The highest BCUT2D eigenvalue weighted by atomic mass is 16.6. The SMILES string of the molecule is CCCCC1CCCC(=O)OC[C@H](NC(=O)C(Cc2ccccc2)NC(=O)OC(C)(C)C)C(=O)N[C@@H](CC2CCCCC2)[C@@H](O)C(=O)O1. The van der Waals surface area contributed by atoms with Crippen molar-refractivity contribution >= 4 is 29.8 Å². The number of hydrogen-bond acceptors (Lipinski definition) is 9. The lowest BCUT2D eigenvalue weighted by Crippen LogP contribution is -2.59. The van der Waals surface area contributed by atoms with Gasteiger partial charge in [0.05, 0.1) is 6.04 Å². The van der Waals surface area contributed by atoms with Crippen LogP contribution < -0.4 is 16.0 Å². The molecule has 1 aromatic rings. The summed E-state index contributed by atoms with van der Waals surface area (Å²) in [5.41, 5.74) is -0.0652. The van der Waals surface area contributed by atoms with Crippen LogP contribution in [0.4, 0.5) is 4.79 Å². The van der Waals surface area contributed by atoms with Crippen LogP contribution in [0.15, 0.2) is 30.3 Å². The fraction of sp³-hybridized carbons (Fsp3) is 0.694. The fourth-order valence-electron chi connectivity index (χ4n) is 6.11. The molecule has 3 rings (SSSR count). The fourth-order valence-corrected chi connectivity index (χ4v) is 6.11. The summed E-state index contributed by atoms with van der Waals surface area (Å²) < 4.78 is 16.6. The first-order chi connectivity index (χ1) is 22.8. The average Bonchev–Trinajstić information content (AvgIpc) is 3.03. The van der Waals surface area contributed by atoms with Crippen LogP contribution in [0.2, 0.25) is 0 Å². The third-order valence-corrected chi connectivity index (χ3v) is 8.67. The van der Waals surface area contributed by atoms with E-state index < -0.39 is 72.4 Å². The van der Waals surface area contributed by atoms with E-state index in [2.05, 4.69) is 16.0 Å². The summed E-state index contributed by atoms with van der Waals surface area (Å²) in [6.45, 7) is 6.65. The smallest absolute Gasteiger partial charge is 0.408 e. The van der Waals surface area contributed by atoms with Gasteiger partial charge in [0, 0.05) is 12.8 Å². The number of hydrogen-bond donors (Lipinski definition) is 4. The Morgan fingerprint density at radius 3 is 2.42 bits per heavy atom. The first-order valence-corrected chi connectivity index (χ1v) is 17.5. The molecule has 2 unspecified atom stereocenters. The van der Waals surface area contributed by atoms with Crippen LogP contribution in [0, 0.1) is 5.92 Å². The number of aliphatic hydroxyl groups excluding tert-OH is 1. The molecule has 0 spiro atoms. The maximum absolute atomic E-state index is 13.8. The lowest BCUT2D eigenvalue weighted by atomic mass is 9.83. The monoisotopic (exact) mass is 673 g/mol. The van der Waals surface area contributed by atoms with Crippen molar-refractivity contribution in [2.24, 2.45) is 5.92 Å². The van der Waals surface area contributed by atoms with Gasteiger partial charge in [0.2, 0.25) is 11.8 Å². The van der Waals surface area contributed by atoms with Crippen LogP contribution in [-0.4, -0.2) is 77.5 Å². The highest BCUT2D eigenvalue weighted by Gasteiger charge is 2.36. The van der Waals surface area contributed by atoms with Gasteiger partial charge in [0.25, 0.3) is 0 Å². The van der Waals surface area contributed by atoms with Crippen molar-refractivity contribution in [2.45, 2.75) is 147 Å². The van der Waals surface area contributed by atoms with Crippen molar-refractivity contribution in [3.63, 3.8) is 0 Å². The van der Waals surface area contributed by atoms with Crippen molar-refractivity contribution in [3.8, 4) is 0 Å². The Labute approximate surface area is 284 Å². The molecule has 48 heavy (non-hydrogen) atoms. The molecule has 0 aromatic heterocycles. The molecule has 268 valence electrons. The minimum absolute atomic E-state index is 0.0200. The Morgan fingerprint density at radius 2 is 1.75 bits per heavy atom. The number of esters is 2. The van der Waals surface area contributed by atoms with Gasteiger partial charge >= 0.3 is 18.0 Å². The second-order valence-corrected chi connectivity index (χ2v) is 14.0. The van der Waals surface area contributed by atoms with E-state index in [-0.39, 0.29) is 18.8 Å². The summed E-state index contributed by atoms with van der Waals surface area (Å²) in [5, 5.41) is 19.3. The van der Waals surface area contributed by atoms with Gasteiger partial charge in [-0.2, -0.15) is 0 Å². The second kappa shape index (κ2) is 19.4. The van der Waals surface area contributed by atoms with Gasteiger partial charge in [-0.25, -0.2) is 9.59 Å². The number of carbonyl (C=O) groups is 5. The molecule has 2 aliphatic rings. The zero-order chi connectivity index (χ0) is 35.1. The van der Waals surface area contributed by atoms with Crippen LogP contribution in [0.25, 0.3) is 0 Å². The molecule has 3 amide bonds. The Balaban J connectivity index is 1.86. The number of benzene rings is 1. The molecule has 1 saturated heterocycles. The Bertz CT molecular complexity index is 1200. The molecule has 4 N–H and O–H groups in total. The summed E-state index contributed by atoms with van der Waals surface area (Å²) in [5.74, 6) is -2.64. The number of cyclic esters (lactones) is 2. The topological polar surface area (TPSA) is 169 Å². The van der Waals surface area contributed by atoms with Crippen LogP contribution in [-0.2, 0) is 39.8 Å². The number of carbonyl (C=O) groups excluding carboxylic acids is 5. The van der Waals surface area contributed by atoms with E-state index >= 15 is 0 Å². The Hall–Kier alpha value is -3.67. The summed E-state index contributed by atoms with van der Waals surface area (Å²) in [6.07, 6.45) is 5.62. The van der Waals surface area contributed by atoms with E-state index in [0.717, 1.165) is 50.5 Å². The maximum Gasteiger partial charge on any atom is 0.408 e. The first kappa shape index (κ1) is 38.8. The summed E-state index contributed by atoms with van der Waals surface area (Å²) in [7, 11) is 0. The predicted molar refractivity (Wildman–Crippen MR) is 179 cm³/mol. The molecule has 1 aliphatic carbocycles. The van der Waals surface area contributed by atoms with E-state index in [1.165, 1.54) is 0 Å². The van der Waals surface area contributed by atoms with E-state index in [0.29, 0.717) is 25.7 Å². The standard InChI is InChI=1S/C36H55N3O9/c1-5-6-18-26-19-13-20-30(40)46-23-29(33(43)37-27(31(41)34(44)47-26)21-24-14-9-7-10-15-24)38-32(42)28(22-25-16-11-8-12-17-25)39-35(45)48-36(2,3)4/h8,11-12,16-17,24,26-29,31,41H,5-7,9-10,13-15,18-23H2,1-4H3,(H,37,43)(H,38,42)(H,39,45)/t26?,27-,28?,29-,31+/m0/s1. The van der Waals surface area contributed by atoms with Crippen molar-refractivity contribution in [2.75, 3.05) is 6.61 Å².